The van der Waals surface area contributed by atoms with Gasteiger partial charge in [0.1, 0.15) is 0 Å². The lowest BCUT2D eigenvalue weighted by Crippen LogP contribution is -1.99. The van der Waals surface area contributed by atoms with Crippen molar-refractivity contribution in [1.82, 2.24) is 14.8 Å². The van der Waals surface area contributed by atoms with Crippen molar-refractivity contribution in [2.24, 2.45) is 0 Å². The number of nitrogens with one attached hydrogen (secondary N) is 1. The molecule has 4 heteroatoms. The lowest BCUT2D eigenvalue weighted by atomic mass is 10.2. The molecule has 0 aliphatic rings. The maximum absolute atomic E-state index is 4.33. The summed E-state index contributed by atoms with van der Waals surface area (Å²) in [6.07, 6.45) is 6.94. The standard InChI is InChI=1S/C16H18N4/c1-2-8-20-12-13(11-19-20)10-18-15-5-6-16-14(9-15)4-3-7-17-16/h3-7,9,11-12,18H,2,8,10H2,1H3. The van der Waals surface area contributed by atoms with Crippen molar-refractivity contribution in [1.29, 1.82) is 0 Å². The SMILES string of the molecule is CCCn1cc(CNc2ccc3ncccc3c2)cn1. The molecule has 0 bridgehead atoms. The molecule has 4 nitrogen and oxygen atoms in total. The van der Waals surface area contributed by atoms with Crippen LogP contribution in [-0.4, -0.2) is 14.8 Å². The zero-order valence-electron chi connectivity index (χ0n) is 11.6. The molecular formula is C16H18N4. The second kappa shape index (κ2) is 5.74. The minimum atomic E-state index is 0.787. The molecule has 20 heavy (non-hydrogen) atoms. The first-order valence-electron chi connectivity index (χ1n) is 6.95. The Hall–Kier alpha value is -2.36. The molecular weight excluding hydrogens is 248 g/mol. The predicted molar refractivity (Wildman–Crippen MR) is 81.6 cm³/mol. The number of nitrogens with zero attached hydrogens (tertiary/aromatic N) is 3. The Labute approximate surface area is 118 Å². The summed E-state index contributed by atoms with van der Waals surface area (Å²) in [5.41, 5.74) is 3.33. The number of aryl methyl sites for hydroxylation is 1. The summed E-state index contributed by atoms with van der Waals surface area (Å²) in [5.74, 6) is 0. The van der Waals surface area contributed by atoms with Gasteiger partial charge in [0, 0.05) is 42.1 Å². The highest BCUT2D eigenvalue weighted by molar-refractivity contribution is 5.82. The van der Waals surface area contributed by atoms with E-state index in [1.54, 1.807) is 0 Å². The smallest absolute Gasteiger partial charge is 0.0703 e. The van der Waals surface area contributed by atoms with Gasteiger partial charge < -0.3 is 5.32 Å². The van der Waals surface area contributed by atoms with Crippen LogP contribution in [0, 0.1) is 0 Å². The third-order valence-electron chi connectivity index (χ3n) is 3.24. The molecule has 0 saturated carbocycles. The fourth-order valence-corrected chi connectivity index (χ4v) is 2.24. The van der Waals surface area contributed by atoms with Crippen LogP contribution in [0.5, 0.6) is 0 Å². The highest BCUT2D eigenvalue weighted by Gasteiger charge is 2.00. The number of fused-ring (bicyclic) bond motifs is 1. The van der Waals surface area contributed by atoms with Crippen LogP contribution in [-0.2, 0) is 13.1 Å². The van der Waals surface area contributed by atoms with Crippen LogP contribution >= 0.6 is 0 Å². The Kier molecular flexibility index (Phi) is 3.63. The first-order chi connectivity index (χ1) is 9.85. The summed E-state index contributed by atoms with van der Waals surface area (Å²) in [5, 5.41) is 8.91. The molecule has 0 spiro atoms. The molecule has 3 aromatic rings. The monoisotopic (exact) mass is 266 g/mol. The molecule has 0 radical (unpaired) electrons. The second-order valence-electron chi connectivity index (χ2n) is 4.88. The van der Waals surface area contributed by atoms with Crippen molar-refractivity contribution in [2.75, 3.05) is 5.32 Å². The summed E-state index contributed by atoms with van der Waals surface area (Å²) in [6, 6.07) is 10.3. The topological polar surface area (TPSA) is 42.7 Å². The largest absolute Gasteiger partial charge is 0.381 e. The fraction of sp³-hybridized carbons (Fsp3) is 0.250. The number of hydrogen-bond acceptors (Lipinski definition) is 3. The molecule has 0 aliphatic carbocycles. The Morgan fingerprint density at radius 3 is 3.10 bits per heavy atom. The van der Waals surface area contributed by atoms with Gasteiger partial charge in [-0.25, -0.2) is 0 Å². The lowest BCUT2D eigenvalue weighted by Gasteiger charge is -2.06. The van der Waals surface area contributed by atoms with E-state index >= 15 is 0 Å². The average molecular weight is 266 g/mol. The zero-order chi connectivity index (χ0) is 13.8. The molecule has 0 saturated heterocycles. The summed E-state index contributed by atoms with van der Waals surface area (Å²) >= 11 is 0. The quantitative estimate of drug-likeness (QED) is 0.769. The summed E-state index contributed by atoms with van der Waals surface area (Å²) in [4.78, 5) is 4.32. The van der Waals surface area contributed by atoms with E-state index in [0.717, 1.165) is 36.1 Å². The Bertz CT molecular complexity index is 702. The van der Waals surface area contributed by atoms with Crippen molar-refractivity contribution in [3.8, 4) is 0 Å². The van der Waals surface area contributed by atoms with Gasteiger partial charge in [0.25, 0.3) is 0 Å². The Balaban J connectivity index is 1.69. The first kappa shape index (κ1) is 12.7. The van der Waals surface area contributed by atoms with Crippen molar-refractivity contribution in [2.45, 2.75) is 26.4 Å². The number of benzene rings is 1. The third-order valence-corrected chi connectivity index (χ3v) is 3.24. The van der Waals surface area contributed by atoms with Crippen molar-refractivity contribution < 1.29 is 0 Å². The number of pyridine rings is 1. The molecule has 2 heterocycles. The molecule has 3 rings (SSSR count). The van der Waals surface area contributed by atoms with Crippen molar-refractivity contribution in [3.63, 3.8) is 0 Å². The van der Waals surface area contributed by atoms with Gasteiger partial charge in [-0.3, -0.25) is 9.67 Å². The molecule has 102 valence electrons. The van der Waals surface area contributed by atoms with Gasteiger partial charge in [-0.05, 0) is 30.7 Å². The lowest BCUT2D eigenvalue weighted by molar-refractivity contribution is 0.602. The molecule has 0 unspecified atom stereocenters. The fourth-order valence-electron chi connectivity index (χ4n) is 2.24. The highest BCUT2D eigenvalue weighted by atomic mass is 15.3. The van der Waals surface area contributed by atoms with Crippen LogP contribution in [0.3, 0.4) is 0 Å². The van der Waals surface area contributed by atoms with Gasteiger partial charge in [0.05, 0.1) is 11.7 Å². The predicted octanol–water partition coefficient (Wildman–Crippen LogP) is 3.45. The number of rotatable bonds is 5. The summed E-state index contributed by atoms with van der Waals surface area (Å²) in [6.45, 7) is 3.92. The zero-order valence-corrected chi connectivity index (χ0v) is 11.6. The maximum Gasteiger partial charge on any atom is 0.0703 e. The van der Waals surface area contributed by atoms with Crippen molar-refractivity contribution in [3.05, 3.63) is 54.5 Å². The van der Waals surface area contributed by atoms with Gasteiger partial charge in [-0.15, -0.1) is 0 Å². The molecule has 0 atom stereocenters. The van der Waals surface area contributed by atoms with E-state index in [0.29, 0.717) is 0 Å². The molecule has 2 aromatic heterocycles. The van der Waals surface area contributed by atoms with Gasteiger partial charge in [-0.1, -0.05) is 13.0 Å². The Morgan fingerprint density at radius 2 is 2.20 bits per heavy atom. The van der Waals surface area contributed by atoms with Crippen LogP contribution in [0.15, 0.2) is 48.9 Å². The summed E-state index contributed by atoms with van der Waals surface area (Å²) in [7, 11) is 0. The van der Waals surface area contributed by atoms with Gasteiger partial charge >= 0.3 is 0 Å². The molecule has 1 aromatic carbocycles. The number of hydrogen-bond donors (Lipinski definition) is 1. The van der Waals surface area contributed by atoms with Crippen LogP contribution in [0.4, 0.5) is 5.69 Å². The Morgan fingerprint density at radius 1 is 1.25 bits per heavy atom. The minimum absolute atomic E-state index is 0.787. The van der Waals surface area contributed by atoms with E-state index < -0.39 is 0 Å². The van der Waals surface area contributed by atoms with Crippen LogP contribution < -0.4 is 5.32 Å². The minimum Gasteiger partial charge on any atom is -0.381 e. The van der Waals surface area contributed by atoms with E-state index in [1.165, 1.54) is 5.56 Å². The van der Waals surface area contributed by atoms with Gasteiger partial charge in [-0.2, -0.15) is 5.10 Å². The maximum atomic E-state index is 4.33. The van der Waals surface area contributed by atoms with Crippen molar-refractivity contribution >= 4 is 16.6 Å². The molecule has 0 aliphatic heterocycles. The van der Waals surface area contributed by atoms with E-state index in [2.05, 4.69) is 46.7 Å². The van der Waals surface area contributed by atoms with E-state index in [1.807, 2.05) is 29.2 Å². The van der Waals surface area contributed by atoms with Crippen LogP contribution in [0.25, 0.3) is 10.9 Å². The number of anilines is 1. The molecule has 0 amide bonds. The molecule has 0 fully saturated rings. The average Bonchev–Trinajstić information content (AvgIpc) is 2.93. The van der Waals surface area contributed by atoms with Gasteiger partial charge in [0.2, 0.25) is 0 Å². The van der Waals surface area contributed by atoms with E-state index in [4.69, 9.17) is 0 Å². The van der Waals surface area contributed by atoms with Crippen LogP contribution in [0.2, 0.25) is 0 Å². The van der Waals surface area contributed by atoms with Gasteiger partial charge in [0.15, 0.2) is 0 Å². The van der Waals surface area contributed by atoms with Crippen LogP contribution in [0.1, 0.15) is 18.9 Å². The highest BCUT2D eigenvalue weighted by Crippen LogP contribution is 2.17. The second-order valence-corrected chi connectivity index (χ2v) is 4.88. The van der Waals surface area contributed by atoms with E-state index in [-0.39, 0.29) is 0 Å². The molecule has 1 N–H and O–H groups in total. The van der Waals surface area contributed by atoms with E-state index in [9.17, 15) is 0 Å². The normalized spacial score (nSPS) is 10.8. The first-order valence-corrected chi connectivity index (χ1v) is 6.95. The number of aromatic nitrogens is 3. The third kappa shape index (κ3) is 2.79. The summed E-state index contributed by atoms with van der Waals surface area (Å²) < 4.78 is 1.99.